The van der Waals surface area contributed by atoms with Crippen molar-refractivity contribution in [3.63, 3.8) is 0 Å². The van der Waals surface area contributed by atoms with Gasteiger partial charge in [0, 0.05) is 13.1 Å². The Morgan fingerprint density at radius 2 is 1.97 bits per heavy atom. The Morgan fingerprint density at radius 1 is 1.18 bits per heavy atom. The lowest BCUT2D eigenvalue weighted by Gasteiger charge is -2.26. The molecule has 3 aromatic rings. The summed E-state index contributed by atoms with van der Waals surface area (Å²) >= 11 is 1.33. The molecule has 2 aromatic carbocycles. The highest BCUT2D eigenvalue weighted by atomic mass is 32.2. The lowest BCUT2D eigenvalue weighted by Crippen LogP contribution is -2.30. The number of allylic oxidation sites excluding steroid dienone is 1. The van der Waals surface area contributed by atoms with Gasteiger partial charge in [0.2, 0.25) is 12.7 Å². The van der Waals surface area contributed by atoms with Crippen molar-refractivity contribution in [1.82, 2.24) is 20.1 Å². The summed E-state index contributed by atoms with van der Waals surface area (Å²) in [4.78, 5) is 12.8. The van der Waals surface area contributed by atoms with Crippen LogP contribution in [-0.2, 0) is 17.9 Å². The van der Waals surface area contributed by atoms with Crippen LogP contribution in [0.25, 0.3) is 0 Å². The molecule has 0 aliphatic carbocycles. The Morgan fingerprint density at radius 3 is 2.82 bits per heavy atom. The van der Waals surface area contributed by atoms with E-state index in [1.165, 1.54) is 11.8 Å². The molecule has 34 heavy (non-hydrogen) atoms. The van der Waals surface area contributed by atoms with Gasteiger partial charge in [-0.2, -0.15) is 0 Å². The average Bonchev–Trinajstić information content (AvgIpc) is 3.49. The molecule has 0 unspecified atom stereocenters. The third kappa shape index (κ3) is 4.54. The number of nitrogens with one attached hydrogen (secondary N) is 1. The summed E-state index contributed by atoms with van der Waals surface area (Å²) in [6.45, 7) is 7.09. The number of thioether (sulfide) groups is 1. The summed E-state index contributed by atoms with van der Waals surface area (Å²) in [7, 11) is 0. The maximum atomic E-state index is 12.8. The molecular formula is C24H24N4O5S. The van der Waals surface area contributed by atoms with E-state index in [0.717, 1.165) is 5.56 Å². The summed E-state index contributed by atoms with van der Waals surface area (Å²) < 4.78 is 24.6. The van der Waals surface area contributed by atoms with Gasteiger partial charge in [0.05, 0.1) is 5.25 Å². The van der Waals surface area contributed by atoms with E-state index >= 15 is 0 Å². The molecule has 0 fully saturated rings. The van der Waals surface area contributed by atoms with E-state index in [-0.39, 0.29) is 18.0 Å². The molecule has 0 saturated carbocycles. The van der Waals surface area contributed by atoms with Crippen molar-refractivity contribution in [2.24, 2.45) is 0 Å². The first-order valence-corrected chi connectivity index (χ1v) is 11.8. The minimum absolute atomic E-state index is 0.108. The fourth-order valence-electron chi connectivity index (χ4n) is 3.67. The van der Waals surface area contributed by atoms with Crippen molar-refractivity contribution >= 4 is 17.7 Å². The number of carbonyl (C=O) groups excluding carboxylic acids is 1. The SMILES string of the molecule is C=CCn1c(S[C@@H](C)C(=O)NCc2ccc3c(c2)OCO3)nnc1[C@H]1COc2ccccc2O1. The van der Waals surface area contributed by atoms with Gasteiger partial charge in [0.15, 0.2) is 40.1 Å². The fraction of sp³-hybridized carbons (Fsp3) is 0.292. The second-order valence-corrected chi connectivity index (χ2v) is 9.08. The van der Waals surface area contributed by atoms with Gasteiger partial charge in [-0.25, -0.2) is 0 Å². The van der Waals surface area contributed by atoms with Crippen LogP contribution in [-0.4, -0.2) is 39.3 Å². The van der Waals surface area contributed by atoms with Gasteiger partial charge < -0.3 is 24.3 Å². The van der Waals surface area contributed by atoms with E-state index in [9.17, 15) is 4.79 Å². The van der Waals surface area contributed by atoms with E-state index in [2.05, 4.69) is 22.1 Å². The molecule has 176 valence electrons. The van der Waals surface area contributed by atoms with Gasteiger partial charge >= 0.3 is 0 Å². The first kappa shape index (κ1) is 22.1. The topological polar surface area (TPSA) is 96.7 Å². The molecule has 0 radical (unpaired) electrons. The second kappa shape index (κ2) is 9.68. The molecule has 9 nitrogen and oxygen atoms in total. The molecule has 1 aromatic heterocycles. The average molecular weight is 481 g/mol. The molecule has 2 atom stereocenters. The van der Waals surface area contributed by atoms with Crippen LogP contribution in [0.4, 0.5) is 0 Å². The minimum Gasteiger partial charge on any atom is -0.485 e. The van der Waals surface area contributed by atoms with Crippen LogP contribution in [0.5, 0.6) is 23.0 Å². The lowest BCUT2D eigenvalue weighted by molar-refractivity contribution is -0.120. The minimum atomic E-state index is -0.410. The van der Waals surface area contributed by atoms with E-state index in [1.807, 2.05) is 54.0 Å². The van der Waals surface area contributed by atoms with Crippen LogP contribution in [0.2, 0.25) is 0 Å². The quantitative estimate of drug-likeness (QED) is 0.387. The smallest absolute Gasteiger partial charge is 0.233 e. The summed E-state index contributed by atoms with van der Waals surface area (Å²) in [6, 6.07) is 13.1. The number of fused-ring (bicyclic) bond motifs is 2. The highest BCUT2D eigenvalue weighted by Gasteiger charge is 2.29. The van der Waals surface area contributed by atoms with Crippen molar-refractivity contribution in [1.29, 1.82) is 0 Å². The van der Waals surface area contributed by atoms with Crippen molar-refractivity contribution in [3.8, 4) is 23.0 Å². The maximum absolute atomic E-state index is 12.8. The first-order valence-electron chi connectivity index (χ1n) is 10.9. The fourth-order valence-corrected chi connectivity index (χ4v) is 4.56. The number of para-hydroxylation sites is 2. The summed E-state index contributed by atoms with van der Waals surface area (Å²) in [5.74, 6) is 3.30. The summed E-state index contributed by atoms with van der Waals surface area (Å²) in [5, 5.41) is 11.9. The number of nitrogens with zero attached hydrogens (tertiary/aromatic N) is 3. The van der Waals surface area contributed by atoms with E-state index in [4.69, 9.17) is 18.9 Å². The van der Waals surface area contributed by atoms with Crippen molar-refractivity contribution in [3.05, 3.63) is 66.5 Å². The monoisotopic (exact) mass is 480 g/mol. The third-order valence-corrected chi connectivity index (χ3v) is 6.49. The Balaban J connectivity index is 1.24. The van der Waals surface area contributed by atoms with Crippen molar-refractivity contribution < 1.29 is 23.7 Å². The van der Waals surface area contributed by atoms with Crippen LogP contribution in [0.1, 0.15) is 24.4 Å². The largest absolute Gasteiger partial charge is 0.485 e. The zero-order chi connectivity index (χ0) is 23.5. The van der Waals surface area contributed by atoms with Gasteiger partial charge in [-0.1, -0.05) is 36.0 Å². The van der Waals surface area contributed by atoms with Gasteiger partial charge in [-0.15, -0.1) is 16.8 Å². The number of aromatic nitrogens is 3. The number of benzene rings is 2. The second-order valence-electron chi connectivity index (χ2n) is 7.77. The summed E-state index contributed by atoms with van der Waals surface area (Å²) in [5.41, 5.74) is 0.932. The van der Waals surface area contributed by atoms with Crippen LogP contribution in [0, 0.1) is 0 Å². The Bertz CT molecular complexity index is 1210. The lowest BCUT2D eigenvalue weighted by atomic mass is 10.2. The van der Waals surface area contributed by atoms with Crippen LogP contribution >= 0.6 is 11.8 Å². The molecule has 3 heterocycles. The van der Waals surface area contributed by atoms with Gasteiger partial charge in [-0.05, 0) is 36.8 Å². The van der Waals surface area contributed by atoms with Crippen LogP contribution in [0.15, 0.2) is 60.3 Å². The molecule has 2 aliphatic rings. The molecule has 1 amide bonds. The number of amides is 1. The van der Waals surface area contributed by atoms with E-state index < -0.39 is 6.10 Å². The number of hydrogen-bond acceptors (Lipinski definition) is 8. The standard InChI is InChI=1S/C24H24N4O5S/c1-3-10-28-22(21-13-30-17-6-4-5-7-19(17)33-21)26-27-24(28)34-15(2)23(29)25-12-16-8-9-18-20(11-16)32-14-31-18/h3-9,11,15,21H,1,10,12-14H2,2H3,(H,25,29)/t15-,21+/m0/s1. The number of hydrogen-bond donors (Lipinski definition) is 1. The number of carbonyl (C=O) groups is 1. The molecule has 10 heteroatoms. The zero-order valence-electron chi connectivity index (χ0n) is 18.6. The van der Waals surface area contributed by atoms with E-state index in [0.29, 0.717) is 53.7 Å². The molecule has 0 saturated heterocycles. The van der Waals surface area contributed by atoms with Gasteiger partial charge in [0.25, 0.3) is 0 Å². The van der Waals surface area contributed by atoms with E-state index in [1.54, 1.807) is 6.08 Å². The predicted molar refractivity (Wildman–Crippen MR) is 125 cm³/mol. The zero-order valence-corrected chi connectivity index (χ0v) is 19.4. The molecule has 5 rings (SSSR count). The van der Waals surface area contributed by atoms with Crippen LogP contribution in [0.3, 0.4) is 0 Å². The normalized spacial score (nSPS) is 16.7. The highest BCUT2D eigenvalue weighted by molar-refractivity contribution is 8.00. The number of rotatable bonds is 8. The molecule has 1 N–H and O–H groups in total. The Hall–Kier alpha value is -3.66. The highest BCUT2D eigenvalue weighted by Crippen LogP contribution is 2.36. The number of ether oxygens (including phenoxy) is 4. The van der Waals surface area contributed by atoms with Gasteiger partial charge in [-0.3, -0.25) is 9.36 Å². The van der Waals surface area contributed by atoms with Crippen LogP contribution < -0.4 is 24.3 Å². The van der Waals surface area contributed by atoms with Crippen molar-refractivity contribution in [2.45, 2.75) is 36.5 Å². The molecule has 0 spiro atoms. The summed E-state index contributed by atoms with van der Waals surface area (Å²) in [6.07, 6.45) is 1.35. The maximum Gasteiger partial charge on any atom is 0.233 e. The predicted octanol–water partition coefficient (Wildman–Crippen LogP) is 3.50. The molecule has 2 aliphatic heterocycles. The third-order valence-electron chi connectivity index (χ3n) is 5.41. The Labute approximate surface area is 201 Å². The Kier molecular flexibility index (Phi) is 6.31. The first-order chi connectivity index (χ1) is 16.6. The van der Waals surface area contributed by atoms with Gasteiger partial charge in [0.1, 0.15) is 6.61 Å². The molecule has 0 bridgehead atoms. The van der Waals surface area contributed by atoms with Crippen molar-refractivity contribution in [2.75, 3.05) is 13.4 Å². The molecular weight excluding hydrogens is 456 g/mol.